The van der Waals surface area contributed by atoms with Crippen molar-refractivity contribution in [3.05, 3.63) is 34.5 Å². The Hall–Kier alpha value is -1.89. The Morgan fingerprint density at radius 2 is 2.10 bits per heavy atom. The van der Waals surface area contributed by atoms with Crippen molar-refractivity contribution in [1.82, 2.24) is 19.9 Å². The minimum atomic E-state index is -0.164. The number of aromatic nitrogens is 4. The molecule has 2 heterocycles. The van der Waals surface area contributed by atoms with Crippen LogP contribution in [0.3, 0.4) is 0 Å². The van der Waals surface area contributed by atoms with Gasteiger partial charge in [0.05, 0.1) is 0 Å². The summed E-state index contributed by atoms with van der Waals surface area (Å²) in [7, 11) is 0. The number of anilines is 1. The Balaban J connectivity index is 2.31. The molecule has 0 saturated heterocycles. The van der Waals surface area contributed by atoms with Crippen molar-refractivity contribution in [1.29, 1.82) is 0 Å². The van der Waals surface area contributed by atoms with Crippen LogP contribution in [0.4, 0.5) is 5.82 Å². The summed E-state index contributed by atoms with van der Waals surface area (Å²) in [4.78, 5) is 26.9. The van der Waals surface area contributed by atoms with Crippen molar-refractivity contribution in [2.75, 3.05) is 11.9 Å². The molecular weight excluding hydrogens is 286 g/mol. The zero-order valence-electron chi connectivity index (χ0n) is 12.2. The van der Waals surface area contributed by atoms with Gasteiger partial charge in [-0.25, -0.2) is 15.0 Å². The first-order chi connectivity index (χ1) is 10.2. The van der Waals surface area contributed by atoms with Gasteiger partial charge in [0.1, 0.15) is 17.2 Å². The number of nitrogens with zero attached hydrogens (tertiary/aromatic N) is 3. The molecule has 0 radical (unpaired) electrons. The maximum Gasteiger partial charge on any atom is 0.251 e. The summed E-state index contributed by atoms with van der Waals surface area (Å²) in [5.74, 6) is 0.870. The van der Waals surface area contributed by atoms with E-state index < -0.39 is 0 Å². The third kappa shape index (κ3) is 4.29. The molecule has 0 amide bonds. The largest absolute Gasteiger partial charge is 0.370 e. The van der Waals surface area contributed by atoms with E-state index in [0.29, 0.717) is 5.16 Å². The SMILES string of the molecule is CCCNc1ncnc(Sc2nccc(=O)[nH]2)c1CCC. The Morgan fingerprint density at radius 1 is 1.24 bits per heavy atom. The van der Waals surface area contributed by atoms with E-state index in [1.54, 1.807) is 6.33 Å². The third-order valence-corrected chi connectivity index (χ3v) is 3.74. The number of aromatic amines is 1. The Kier molecular flexibility index (Phi) is 5.74. The molecule has 21 heavy (non-hydrogen) atoms. The lowest BCUT2D eigenvalue weighted by atomic mass is 10.2. The van der Waals surface area contributed by atoms with E-state index in [2.05, 4.69) is 39.1 Å². The number of hydrogen-bond acceptors (Lipinski definition) is 6. The normalized spacial score (nSPS) is 10.6. The molecule has 0 bridgehead atoms. The molecule has 0 spiro atoms. The molecule has 0 unspecified atom stereocenters. The average Bonchev–Trinajstić information content (AvgIpc) is 2.48. The summed E-state index contributed by atoms with van der Waals surface area (Å²) >= 11 is 1.36. The predicted octanol–water partition coefficient (Wildman–Crippen LogP) is 2.49. The molecule has 0 saturated carbocycles. The topological polar surface area (TPSA) is 83.6 Å². The lowest BCUT2D eigenvalue weighted by Gasteiger charge is -2.12. The summed E-state index contributed by atoms with van der Waals surface area (Å²) < 4.78 is 0. The van der Waals surface area contributed by atoms with Gasteiger partial charge in [0.25, 0.3) is 5.56 Å². The highest BCUT2D eigenvalue weighted by molar-refractivity contribution is 7.99. The highest BCUT2D eigenvalue weighted by Crippen LogP contribution is 2.29. The van der Waals surface area contributed by atoms with Gasteiger partial charge in [-0.2, -0.15) is 0 Å². The highest BCUT2D eigenvalue weighted by Gasteiger charge is 2.12. The first kappa shape index (κ1) is 15.5. The second-order valence-corrected chi connectivity index (χ2v) is 5.50. The molecule has 0 aliphatic carbocycles. The van der Waals surface area contributed by atoms with Gasteiger partial charge in [-0.1, -0.05) is 20.3 Å². The van der Waals surface area contributed by atoms with Crippen molar-refractivity contribution in [2.45, 2.75) is 43.3 Å². The van der Waals surface area contributed by atoms with Gasteiger partial charge in [0.2, 0.25) is 0 Å². The molecule has 0 fully saturated rings. The highest BCUT2D eigenvalue weighted by atomic mass is 32.2. The maximum atomic E-state index is 11.3. The fourth-order valence-corrected chi connectivity index (χ4v) is 2.72. The number of rotatable bonds is 7. The molecule has 7 heteroatoms. The molecular formula is C14H19N5OS. The quantitative estimate of drug-likeness (QED) is 0.604. The molecule has 0 aromatic carbocycles. The van der Waals surface area contributed by atoms with Gasteiger partial charge in [0.15, 0.2) is 5.16 Å². The fraction of sp³-hybridized carbons (Fsp3) is 0.429. The smallest absolute Gasteiger partial charge is 0.251 e. The van der Waals surface area contributed by atoms with Crippen molar-refractivity contribution < 1.29 is 0 Å². The van der Waals surface area contributed by atoms with Crippen LogP contribution in [0.15, 0.2) is 33.6 Å². The van der Waals surface area contributed by atoms with E-state index in [1.807, 2.05) is 0 Å². The molecule has 0 aliphatic heterocycles. The number of H-pyrrole nitrogens is 1. The van der Waals surface area contributed by atoms with Gasteiger partial charge in [-0.05, 0) is 24.6 Å². The van der Waals surface area contributed by atoms with Crippen LogP contribution in [0.1, 0.15) is 32.3 Å². The van der Waals surface area contributed by atoms with Gasteiger partial charge < -0.3 is 10.3 Å². The molecule has 2 aromatic rings. The molecule has 112 valence electrons. The minimum Gasteiger partial charge on any atom is -0.370 e. The zero-order chi connectivity index (χ0) is 15.1. The van der Waals surface area contributed by atoms with Crippen molar-refractivity contribution >= 4 is 17.6 Å². The standard InChI is InChI=1S/C14H19N5OS/c1-3-5-10-12(15-7-4-2)17-9-18-13(10)21-14-16-8-6-11(20)19-14/h6,8-9H,3-5,7H2,1-2H3,(H,15,17,18)(H,16,19,20). The van der Waals surface area contributed by atoms with Crippen LogP contribution in [-0.4, -0.2) is 26.5 Å². The second-order valence-electron chi connectivity index (χ2n) is 4.52. The number of hydrogen-bond donors (Lipinski definition) is 2. The van der Waals surface area contributed by atoms with E-state index in [-0.39, 0.29) is 5.56 Å². The van der Waals surface area contributed by atoms with Crippen LogP contribution < -0.4 is 10.9 Å². The van der Waals surface area contributed by atoms with Crippen LogP contribution in [0.25, 0.3) is 0 Å². The Labute approximate surface area is 127 Å². The summed E-state index contributed by atoms with van der Waals surface area (Å²) in [6.45, 7) is 5.11. The van der Waals surface area contributed by atoms with Crippen molar-refractivity contribution in [2.24, 2.45) is 0 Å². The third-order valence-electron chi connectivity index (χ3n) is 2.79. The summed E-state index contributed by atoms with van der Waals surface area (Å²) in [5, 5.41) is 4.70. The zero-order valence-corrected chi connectivity index (χ0v) is 13.0. The van der Waals surface area contributed by atoms with E-state index in [4.69, 9.17) is 0 Å². The second kappa shape index (κ2) is 7.78. The first-order valence-electron chi connectivity index (χ1n) is 7.05. The predicted molar refractivity (Wildman–Crippen MR) is 83.8 cm³/mol. The van der Waals surface area contributed by atoms with Crippen molar-refractivity contribution in [3.63, 3.8) is 0 Å². The molecule has 0 atom stereocenters. The van der Waals surface area contributed by atoms with Gasteiger partial charge in [0, 0.05) is 24.4 Å². The molecule has 2 N–H and O–H groups in total. The molecule has 0 aliphatic rings. The monoisotopic (exact) mass is 305 g/mol. The van der Waals surface area contributed by atoms with Gasteiger partial charge in [-0.3, -0.25) is 4.79 Å². The summed E-state index contributed by atoms with van der Waals surface area (Å²) in [6, 6.07) is 1.39. The lowest BCUT2D eigenvalue weighted by Crippen LogP contribution is -2.08. The summed E-state index contributed by atoms with van der Waals surface area (Å²) in [5.41, 5.74) is 0.910. The molecule has 2 rings (SSSR count). The van der Waals surface area contributed by atoms with E-state index in [9.17, 15) is 4.79 Å². The van der Waals surface area contributed by atoms with Crippen LogP contribution in [0, 0.1) is 0 Å². The van der Waals surface area contributed by atoms with Crippen LogP contribution in [0.2, 0.25) is 0 Å². The number of nitrogens with one attached hydrogen (secondary N) is 2. The van der Waals surface area contributed by atoms with Crippen molar-refractivity contribution in [3.8, 4) is 0 Å². The van der Waals surface area contributed by atoms with Gasteiger partial charge in [-0.15, -0.1) is 0 Å². The minimum absolute atomic E-state index is 0.164. The van der Waals surface area contributed by atoms with Crippen LogP contribution in [-0.2, 0) is 6.42 Å². The fourth-order valence-electron chi connectivity index (χ4n) is 1.85. The van der Waals surface area contributed by atoms with E-state index >= 15 is 0 Å². The first-order valence-corrected chi connectivity index (χ1v) is 7.87. The van der Waals surface area contributed by atoms with Crippen LogP contribution >= 0.6 is 11.8 Å². The Morgan fingerprint density at radius 3 is 2.81 bits per heavy atom. The van der Waals surface area contributed by atoms with E-state index in [1.165, 1.54) is 24.0 Å². The maximum absolute atomic E-state index is 11.3. The Bertz CT molecular complexity index is 643. The lowest BCUT2D eigenvalue weighted by molar-refractivity contribution is 0.844. The molecule has 6 nitrogen and oxygen atoms in total. The van der Waals surface area contributed by atoms with Crippen LogP contribution in [0.5, 0.6) is 0 Å². The average molecular weight is 305 g/mol. The van der Waals surface area contributed by atoms with Gasteiger partial charge >= 0.3 is 0 Å². The van der Waals surface area contributed by atoms with E-state index in [0.717, 1.165) is 42.2 Å². The summed E-state index contributed by atoms with van der Waals surface area (Å²) in [6.07, 6.45) is 5.96. The molecule has 2 aromatic heterocycles.